The van der Waals surface area contributed by atoms with Crippen LogP contribution in [0.3, 0.4) is 0 Å². The predicted molar refractivity (Wildman–Crippen MR) is 61.6 cm³/mol. The van der Waals surface area contributed by atoms with E-state index in [1.165, 1.54) is 10.4 Å². The fourth-order valence-electron chi connectivity index (χ4n) is 1.50. The van der Waals surface area contributed by atoms with Gasteiger partial charge in [-0.25, -0.2) is 0 Å². The molecule has 3 N–H and O–H groups in total. The maximum absolute atomic E-state index is 10.0. The van der Waals surface area contributed by atoms with Gasteiger partial charge < -0.3 is 10.8 Å². The van der Waals surface area contributed by atoms with Gasteiger partial charge in [0.1, 0.15) is 0 Å². The molecule has 0 spiro atoms. The summed E-state index contributed by atoms with van der Waals surface area (Å²) in [6, 6.07) is 2.07. The SMILES string of the molecule is CCC(CN)C(O)c1cc(C)c(C)s1. The molecule has 1 rings (SSSR count). The Morgan fingerprint density at radius 2 is 2.14 bits per heavy atom. The summed E-state index contributed by atoms with van der Waals surface area (Å²) in [5.74, 6) is 0.187. The van der Waals surface area contributed by atoms with Crippen LogP contribution in [0.15, 0.2) is 6.07 Å². The molecule has 1 aromatic heterocycles. The van der Waals surface area contributed by atoms with Crippen LogP contribution >= 0.6 is 11.3 Å². The van der Waals surface area contributed by atoms with Crippen molar-refractivity contribution in [1.82, 2.24) is 0 Å². The third-order valence-electron chi connectivity index (χ3n) is 2.75. The molecule has 1 aromatic rings. The number of hydrogen-bond donors (Lipinski definition) is 2. The normalized spacial score (nSPS) is 15.5. The molecule has 80 valence electrons. The van der Waals surface area contributed by atoms with Crippen LogP contribution in [0.25, 0.3) is 0 Å². The average molecular weight is 213 g/mol. The van der Waals surface area contributed by atoms with Crippen LogP contribution in [0, 0.1) is 19.8 Å². The monoisotopic (exact) mass is 213 g/mol. The van der Waals surface area contributed by atoms with Crippen LogP contribution in [0.1, 0.15) is 34.8 Å². The number of rotatable bonds is 4. The van der Waals surface area contributed by atoms with Gasteiger partial charge in [-0.1, -0.05) is 6.92 Å². The van der Waals surface area contributed by atoms with Gasteiger partial charge in [0.05, 0.1) is 6.10 Å². The van der Waals surface area contributed by atoms with Gasteiger partial charge in [-0.05, 0) is 38.4 Å². The van der Waals surface area contributed by atoms with Gasteiger partial charge in [0, 0.05) is 15.7 Å². The summed E-state index contributed by atoms with van der Waals surface area (Å²) >= 11 is 1.68. The Morgan fingerprint density at radius 1 is 1.50 bits per heavy atom. The lowest BCUT2D eigenvalue weighted by atomic mass is 9.98. The van der Waals surface area contributed by atoms with Crippen molar-refractivity contribution in [2.45, 2.75) is 33.3 Å². The Labute approximate surface area is 89.8 Å². The molecular weight excluding hydrogens is 194 g/mol. The molecule has 2 nitrogen and oxygen atoms in total. The maximum atomic E-state index is 10.0. The fourth-order valence-corrected chi connectivity index (χ4v) is 2.62. The van der Waals surface area contributed by atoms with Crippen molar-refractivity contribution >= 4 is 11.3 Å². The highest BCUT2D eigenvalue weighted by Gasteiger charge is 2.19. The third-order valence-corrected chi connectivity index (χ3v) is 3.97. The molecule has 0 aromatic carbocycles. The quantitative estimate of drug-likeness (QED) is 0.806. The molecule has 0 aliphatic carbocycles. The summed E-state index contributed by atoms with van der Waals surface area (Å²) in [5.41, 5.74) is 6.87. The standard InChI is InChI=1S/C11H19NOS/c1-4-9(6-12)11(13)10-5-7(2)8(3)14-10/h5,9,11,13H,4,6,12H2,1-3H3. The third kappa shape index (κ3) is 2.35. The smallest absolute Gasteiger partial charge is 0.0922 e. The molecule has 0 aliphatic rings. The van der Waals surface area contributed by atoms with Crippen LogP contribution in [-0.4, -0.2) is 11.7 Å². The van der Waals surface area contributed by atoms with Crippen LogP contribution in [0.4, 0.5) is 0 Å². The number of aliphatic hydroxyl groups excluding tert-OH is 1. The molecule has 0 radical (unpaired) electrons. The Hall–Kier alpha value is -0.380. The summed E-state index contributed by atoms with van der Waals surface area (Å²) in [4.78, 5) is 2.34. The molecule has 0 saturated heterocycles. The van der Waals surface area contributed by atoms with Gasteiger partial charge in [-0.15, -0.1) is 11.3 Å². The summed E-state index contributed by atoms with van der Waals surface area (Å²) in [6.45, 7) is 6.77. The number of aliphatic hydroxyl groups is 1. The van der Waals surface area contributed by atoms with Gasteiger partial charge in [-0.2, -0.15) is 0 Å². The topological polar surface area (TPSA) is 46.2 Å². The minimum atomic E-state index is -0.387. The first kappa shape index (κ1) is 11.7. The molecule has 3 heteroatoms. The first-order valence-electron chi connectivity index (χ1n) is 5.05. The van der Waals surface area contributed by atoms with Crippen LogP contribution in [-0.2, 0) is 0 Å². The lowest BCUT2D eigenvalue weighted by Crippen LogP contribution is -2.20. The van der Waals surface area contributed by atoms with Crippen molar-refractivity contribution in [2.75, 3.05) is 6.54 Å². The number of aryl methyl sites for hydroxylation is 2. The van der Waals surface area contributed by atoms with Crippen LogP contribution in [0.5, 0.6) is 0 Å². The highest BCUT2D eigenvalue weighted by molar-refractivity contribution is 7.12. The summed E-state index contributed by atoms with van der Waals surface area (Å²) in [6.07, 6.45) is 0.538. The van der Waals surface area contributed by atoms with E-state index >= 15 is 0 Å². The minimum Gasteiger partial charge on any atom is -0.387 e. The molecule has 0 amide bonds. The van der Waals surface area contributed by atoms with E-state index in [9.17, 15) is 5.11 Å². The van der Waals surface area contributed by atoms with Crippen LogP contribution in [0.2, 0.25) is 0 Å². The molecule has 2 unspecified atom stereocenters. The molecule has 0 bridgehead atoms. The van der Waals surface area contributed by atoms with Gasteiger partial charge in [-0.3, -0.25) is 0 Å². The van der Waals surface area contributed by atoms with E-state index in [1.807, 2.05) is 0 Å². The molecule has 2 atom stereocenters. The van der Waals surface area contributed by atoms with Crippen molar-refractivity contribution in [3.05, 3.63) is 21.4 Å². The lowest BCUT2D eigenvalue weighted by Gasteiger charge is -2.18. The highest BCUT2D eigenvalue weighted by Crippen LogP contribution is 2.31. The van der Waals surface area contributed by atoms with E-state index in [2.05, 4.69) is 26.8 Å². The Morgan fingerprint density at radius 3 is 2.50 bits per heavy atom. The van der Waals surface area contributed by atoms with E-state index < -0.39 is 0 Å². The zero-order chi connectivity index (χ0) is 10.7. The van der Waals surface area contributed by atoms with Gasteiger partial charge in [0.25, 0.3) is 0 Å². The van der Waals surface area contributed by atoms with E-state index in [4.69, 9.17) is 5.73 Å². The number of nitrogens with two attached hydrogens (primary N) is 1. The van der Waals surface area contributed by atoms with E-state index in [-0.39, 0.29) is 12.0 Å². The minimum absolute atomic E-state index is 0.187. The molecular formula is C11H19NOS. The van der Waals surface area contributed by atoms with Crippen molar-refractivity contribution in [3.8, 4) is 0 Å². The molecule has 0 aliphatic heterocycles. The fraction of sp³-hybridized carbons (Fsp3) is 0.636. The van der Waals surface area contributed by atoms with E-state index in [1.54, 1.807) is 11.3 Å². The second-order valence-electron chi connectivity index (χ2n) is 3.74. The first-order valence-corrected chi connectivity index (χ1v) is 5.86. The lowest BCUT2D eigenvalue weighted by molar-refractivity contribution is 0.113. The zero-order valence-corrected chi connectivity index (χ0v) is 9.90. The highest BCUT2D eigenvalue weighted by atomic mass is 32.1. The molecule has 0 fully saturated rings. The summed E-state index contributed by atoms with van der Waals surface area (Å²) in [5, 5.41) is 10.0. The zero-order valence-electron chi connectivity index (χ0n) is 9.08. The number of thiophene rings is 1. The second-order valence-corrected chi connectivity index (χ2v) is 5.02. The van der Waals surface area contributed by atoms with Gasteiger partial charge in [0.2, 0.25) is 0 Å². The average Bonchev–Trinajstić information content (AvgIpc) is 2.49. The van der Waals surface area contributed by atoms with Crippen molar-refractivity contribution in [2.24, 2.45) is 11.7 Å². The van der Waals surface area contributed by atoms with Crippen LogP contribution < -0.4 is 5.73 Å². The Kier molecular flexibility index (Phi) is 4.11. The second kappa shape index (κ2) is 4.91. The van der Waals surface area contributed by atoms with Crippen molar-refractivity contribution in [1.29, 1.82) is 0 Å². The van der Waals surface area contributed by atoms with E-state index in [0.29, 0.717) is 6.54 Å². The number of hydrogen-bond acceptors (Lipinski definition) is 3. The molecule has 1 heterocycles. The Bertz CT molecular complexity index is 272. The van der Waals surface area contributed by atoms with E-state index in [0.717, 1.165) is 11.3 Å². The molecule has 14 heavy (non-hydrogen) atoms. The van der Waals surface area contributed by atoms with Crippen molar-refractivity contribution in [3.63, 3.8) is 0 Å². The molecule has 0 saturated carbocycles. The van der Waals surface area contributed by atoms with Crippen molar-refractivity contribution < 1.29 is 5.11 Å². The summed E-state index contributed by atoms with van der Waals surface area (Å²) in [7, 11) is 0. The van der Waals surface area contributed by atoms with Gasteiger partial charge >= 0.3 is 0 Å². The largest absolute Gasteiger partial charge is 0.387 e. The predicted octanol–water partition coefficient (Wildman–Crippen LogP) is 2.38. The van der Waals surface area contributed by atoms with Gasteiger partial charge in [0.15, 0.2) is 0 Å². The summed E-state index contributed by atoms with van der Waals surface area (Å²) < 4.78 is 0. The Balaban J connectivity index is 2.82. The first-order chi connectivity index (χ1) is 6.60. The maximum Gasteiger partial charge on any atom is 0.0922 e.